The first-order valence-electron chi connectivity index (χ1n) is 5.65. The Bertz CT molecular complexity index is 327. The van der Waals surface area contributed by atoms with Gasteiger partial charge in [-0.3, -0.25) is 0 Å². The van der Waals surface area contributed by atoms with Crippen LogP contribution in [0.1, 0.15) is 30.6 Å². The minimum absolute atomic E-state index is 0.375. The van der Waals surface area contributed by atoms with Crippen LogP contribution in [0, 0.1) is 0 Å². The van der Waals surface area contributed by atoms with Crippen molar-refractivity contribution in [3.05, 3.63) is 20.8 Å². The van der Waals surface area contributed by atoms with Gasteiger partial charge in [0.15, 0.2) is 0 Å². The summed E-state index contributed by atoms with van der Waals surface area (Å²) < 4.78 is 12.5. The molecule has 0 bridgehead atoms. The first-order chi connectivity index (χ1) is 7.78. The molecule has 90 valence electrons. The summed E-state index contributed by atoms with van der Waals surface area (Å²) in [7, 11) is 1.80. The van der Waals surface area contributed by atoms with Gasteiger partial charge in [0.05, 0.1) is 18.8 Å². The number of hydrogen-bond acceptors (Lipinski definition) is 3. The molecule has 1 aromatic heterocycles. The summed E-state index contributed by atoms with van der Waals surface area (Å²) in [5.74, 6) is 0. The molecule has 0 N–H and O–H groups in total. The molecule has 2 unspecified atom stereocenters. The molecule has 1 aliphatic carbocycles. The molecule has 1 aromatic rings. The van der Waals surface area contributed by atoms with Gasteiger partial charge in [-0.05, 0) is 47.7 Å². The second-order valence-electron chi connectivity index (χ2n) is 4.19. The van der Waals surface area contributed by atoms with Gasteiger partial charge in [0.2, 0.25) is 0 Å². The zero-order valence-electron chi connectivity index (χ0n) is 9.45. The van der Waals surface area contributed by atoms with Crippen LogP contribution >= 0.6 is 27.3 Å². The largest absolute Gasteiger partial charge is 0.381 e. The van der Waals surface area contributed by atoms with Crippen molar-refractivity contribution in [2.75, 3.05) is 7.11 Å². The normalized spacial score (nSPS) is 25.9. The molecule has 2 rings (SSSR count). The zero-order valence-corrected chi connectivity index (χ0v) is 11.9. The molecule has 1 fully saturated rings. The molecule has 1 saturated carbocycles. The number of halogens is 1. The van der Waals surface area contributed by atoms with Gasteiger partial charge in [-0.1, -0.05) is 0 Å². The van der Waals surface area contributed by atoms with Crippen molar-refractivity contribution < 1.29 is 9.47 Å². The molecule has 16 heavy (non-hydrogen) atoms. The Balaban J connectivity index is 1.77. The van der Waals surface area contributed by atoms with Crippen LogP contribution in [0.5, 0.6) is 0 Å². The summed E-state index contributed by atoms with van der Waals surface area (Å²) in [6.45, 7) is 0.733. The summed E-state index contributed by atoms with van der Waals surface area (Å²) in [4.78, 5) is 1.28. The van der Waals surface area contributed by atoms with Gasteiger partial charge in [0.1, 0.15) is 0 Å². The number of hydrogen-bond donors (Lipinski definition) is 0. The molecule has 0 spiro atoms. The standard InChI is InChI=1S/C12H17BrO2S/c1-14-10-3-2-4-11(6-10)15-7-12-5-9(13)8-16-12/h5,8,10-11H,2-4,6-7H2,1H3. The van der Waals surface area contributed by atoms with Crippen molar-refractivity contribution in [2.24, 2.45) is 0 Å². The Morgan fingerprint density at radius 2 is 2.25 bits per heavy atom. The highest BCUT2D eigenvalue weighted by Crippen LogP contribution is 2.26. The van der Waals surface area contributed by atoms with Gasteiger partial charge in [-0.2, -0.15) is 0 Å². The van der Waals surface area contributed by atoms with Crippen molar-refractivity contribution >= 4 is 27.3 Å². The summed E-state index contributed by atoms with van der Waals surface area (Å²) in [5, 5.41) is 2.09. The van der Waals surface area contributed by atoms with Crippen LogP contribution in [0.4, 0.5) is 0 Å². The molecule has 0 saturated heterocycles. The van der Waals surface area contributed by atoms with Gasteiger partial charge >= 0.3 is 0 Å². The second-order valence-corrected chi connectivity index (χ2v) is 6.10. The van der Waals surface area contributed by atoms with Crippen LogP contribution in [0.3, 0.4) is 0 Å². The van der Waals surface area contributed by atoms with E-state index in [1.165, 1.54) is 24.1 Å². The quantitative estimate of drug-likeness (QED) is 0.837. The summed E-state index contributed by atoms with van der Waals surface area (Å²) >= 11 is 5.20. The Kier molecular flexibility index (Phi) is 4.82. The van der Waals surface area contributed by atoms with E-state index in [1.807, 2.05) is 0 Å². The lowest BCUT2D eigenvalue weighted by Crippen LogP contribution is -2.27. The fourth-order valence-corrected chi connectivity index (χ4v) is 3.47. The molecular formula is C12H17BrO2S. The number of rotatable bonds is 4. The SMILES string of the molecule is COC1CCCC(OCc2cc(Br)cs2)C1. The maximum absolute atomic E-state index is 5.92. The lowest BCUT2D eigenvalue weighted by atomic mass is 9.95. The Morgan fingerprint density at radius 1 is 1.44 bits per heavy atom. The Labute approximate surface area is 109 Å². The Morgan fingerprint density at radius 3 is 2.94 bits per heavy atom. The van der Waals surface area contributed by atoms with Crippen molar-refractivity contribution in [3.63, 3.8) is 0 Å². The molecule has 1 heterocycles. The molecule has 2 atom stereocenters. The van der Waals surface area contributed by atoms with Crippen molar-refractivity contribution in [2.45, 2.75) is 44.5 Å². The van der Waals surface area contributed by atoms with E-state index in [0.29, 0.717) is 12.2 Å². The van der Waals surface area contributed by atoms with Crippen molar-refractivity contribution in [3.8, 4) is 0 Å². The lowest BCUT2D eigenvalue weighted by Gasteiger charge is -2.28. The predicted octanol–water partition coefficient (Wildman–Crippen LogP) is 3.98. The third-order valence-electron chi connectivity index (χ3n) is 2.99. The molecule has 0 aromatic carbocycles. The highest BCUT2D eigenvalue weighted by atomic mass is 79.9. The lowest BCUT2D eigenvalue weighted by molar-refractivity contribution is -0.0356. The third kappa shape index (κ3) is 3.55. The maximum Gasteiger partial charge on any atom is 0.0813 e. The van der Waals surface area contributed by atoms with Gasteiger partial charge in [0, 0.05) is 21.8 Å². The fourth-order valence-electron chi connectivity index (χ4n) is 2.10. The van der Waals surface area contributed by atoms with E-state index in [1.54, 1.807) is 18.4 Å². The maximum atomic E-state index is 5.92. The number of methoxy groups -OCH3 is 1. The molecule has 1 aliphatic rings. The average molecular weight is 305 g/mol. The molecule has 0 amide bonds. The number of ether oxygens (including phenoxy) is 2. The van der Waals surface area contributed by atoms with E-state index in [4.69, 9.17) is 9.47 Å². The molecule has 0 radical (unpaired) electrons. The third-order valence-corrected chi connectivity index (χ3v) is 4.67. The van der Waals surface area contributed by atoms with Gasteiger partial charge in [-0.25, -0.2) is 0 Å². The first kappa shape index (κ1) is 12.6. The topological polar surface area (TPSA) is 18.5 Å². The molecule has 4 heteroatoms. The van der Waals surface area contributed by atoms with Crippen molar-refractivity contribution in [1.82, 2.24) is 0 Å². The average Bonchev–Trinajstić information content (AvgIpc) is 2.73. The highest BCUT2D eigenvalue weighted by Gasteiger charge is 2.22. The van der Waals surface area contributed by atoms with Crippen LogP contribution < -0.4 is 0 Å². The van der Waals surface area contributed by atoms with E-state index < -0.39 is 0 Å². The van der Waals surface area contributed by atoms with E-state index in [9.17, 15) is 0 Å². The van der Waals surface area contributed by atoms with Gasteiger partial charge in [-0.15, -0.1) is 11.3 Å². The summed E-state index contributed by atoms with van der Waals surface area (Å²) in [5.41, 5.74) is 0. The van der Waals surface area contributed by atoms with Crippen molar-refractivity contribution in [1.29, 1.82) is 0 Å². The first-order valence-corrected chi connectivity index (χ1v) is 7.32. The Hall–Kier alpha value is 0.1000. The molecule has 2 nitrogen and oxygen atoms in total. The minimum atomic E-state index is 0.375. The highest BCUT2D eigenvalue weighted by molar-refractivity contribution is 9.10. The second kappa shape index (κ2) is 6.15. The van der Waals surface area contributed by atoms with E-state index in [-0.39, 0.29) is 0 Å². The monoisotopic (exact) mass is 304 g/mol. The fraction of sp³-hybridized carbons (Fsp3) is 0.667. The van der Waals surface area contributed by atoms with Crippen LogP contribution in [0.15, 0.2) is 15.9 Å². The van der Waals surface area contributed by atoms with Gasteiger partial charge < -0.3 is 9.47 Å². The summed E-state index contributed by atoms with van der Waals surface area (Å²) in [6, 6.07) is 2.13. The van der Waals surface area contributed by atoms with E-state index in [0.717, 1.165) is 17.5 Å². The van der Waals surface area contributed by atoms with Crippen LogP contribution in [0.25, 0.3) is 0 Å². The predicted molar refractivity (Wildman–Crippen MR) is 69.9 cm³/mol. The van der Waals surface area contributed by atoms with Crippen LogP contribution in [-0.2, 0) is 16.1 Å². The molecule has 0 aliphatic heterocycles. The van der Waals surface area contributed by atoms with Crippen LogP contribution in [0.2, 0.25) is 0 Å². The smallest absolute Gasteiger partial charge is 0.0813 e. The summed E-state index contributed by atoms with van der Waals surface area (Å²) in [6.07, 6.45) is 5.39. The van der Waals surface area contributed by atoms with Gasteiger partial charge in [0.25, 0.3) is 0 Å². The van der Waals surface area contributed by atoms with E-state index in [2.05, 4.69) is 27.4 Å². The number of thiophene rings is 1. The minimum Gasteiger partial charge on any atom is -0.381 e. The molecular weight excluding hydrogens is 288 g/mol. The van der Waals surface area contributed by atoms with E-state index >= 15 is 0 Å². The zero-order chi connectivity index (χ0) is 11.4. The van der Waals surface area contributed by atoms with Crippen LogP contribution in [-0.4, -0.2) is 19.3 Å².